The largest absolute Gasteiger partial charge is 0.496 e. The van der Waals surface area contributed by atoms with Crippen LogP contribution in [0.3, 0.4) is 0 Å². The van der Waals surface area contributed by atoms with Gasteiger partial charge in [-0.1, -0.05) is 69.9 Å². The number of amides is 1. The topological polar surface area (TPSA) is 47.6 Å². The predicted octanol–water partition coefficient (Wildman–Crippen LogP) is 6.21. The van der Waals surface area contributed by atoms with Crippen molar-refractivity contribution in [3.8, 4) is 22.6 Å². The lowest BCUT2D eigenvalue weighted by molar-refractivity contribution is -0.115. The highest BCUT2D eigenvalue weighted by Gasteiger charge is 2.37. The van der Waals surface area contributed by atoms with Crippen LogP contribution in [0.25, 0.3) is 17.2 Å². The molecule has 1 amide bonds. The molecule has 1 fully saturated rings. The Morgan fingerprint density at radius 3 is 2.28 bits per heavy atom. The maximum Gasteiger partial charge on any atom is 0.263 e. The fourth-order valence-corrected chi connectivity index (χ4v) is 5.70. The Morgan fingerprint density at radius 1 is 1.00 bits per heavy atom. The molecule has 1 aliphatic heterocycles. The monoisotopic (exact) mass is 467 g/mol. The minimum absolute atomic E-state index is 0.0925. The molecule has 0 radical (unpaired) electrons. The van der Waals surface area contributed by atoms with E-state index in [1.165, 1.54) is 29.3 Å². The van der Waals surface area contributed by atoms with Crippen molar-refractivity contribution in [2.45, 2.75) is 51.4 Å². The molecule has 2 aromatic carbocycles. The molecule has 0 saturated carbocycles. The maximum atomic E-state index is 12.2. The van der Waals surface area contributed by atoms with Gasteiger partial charge in [0, 0.05) is 5.56 Å². The highest BCUT2D eigenvalue weighted by atomic mass is 32.2. The molecule has 168 valence electrons. The summed E-state index contributed by atoms with van der Waals surface area (Å²) < 4.78 is 12.1. The van der Waals surface area contributed by atoms with Crippen LogP contribution < -0.4 is 14.8 Å². The molecule has 0 atom stereocenters. The molecule has 0 unspecified atom stereocenters. The summed E-state index contributed by atoms with van der Waals surface area (Å²) >= 11 is 6.39. The summed E-state index contributed by atoms with van der Waals surface area (Å²) in [6, 6.07) is 10.5. The first-order valence-corrected chi connectivity index (χ1v) is 11.9. The summed E-state index contributed by atoms with van der Waals surface area (Å²) in [6.07, 6.45) is 4.14. The van der Waals surface area contributed by atoms with Gasteiger partial charge in [-0.25, -0.2) is 0 Å². The molecule has 4 nitrogen and oxygen atoms in total. The van der Waals surface area contributed by atoms with Gasteiger partial charge in [0.2, 0.25) is 0 Å². The zero-order chi connectivity index (χ0) is 23.3. The summed E-state index contributed by atoms with van der Waals surface area (Å²) in [5.74, 6) is 1.23. The molecule has 32 heavy (non-hydrogen) atoms. The second-order valence-electron chi connectivity index (χ2n) is 9.65. The molecule has 2 aromatic rings. The van der Waals surface area contributed by atoms with E-state index in [2.05, 4.69) is 51.2 Å². The van der Waals surface area contributed by atoms with Gasteiger partial charge >= 0.3 is 0 Å². The molecular formula is C26H29NO3S2. The summed E-state index contributed by atoms with van der Waals surface area (Å²) in [4.78, 5) is 12.8. The van der Waals surface area contributed by atoms with E-state index in [-0.39, 0.29) is 16.7 Å². The second-order valence-corrected chi connectivity index (χ2v) is 11.4. The van der Waals surface area contributed by atoms with Crippen molar-refractivity contribution in [2.24, 2.45) is 0 Å². The number of methoxy groups -OCH3 is 2. The molecule has 2 aliphatic rings. The Hall–Kier alpha value is -2.31. The summed E-state index contributed by atoms with van der Waals surface area (Å²) in [5, 5.41) is 2.67. The first-order chi connectivity index (χ1) is 15.1. The fourth-order valence-electron chi connectivity index (χ4n) is 4.66. The lowest BCUT2D eigenvalue weighted by Crippen LogP contribution is -2.33. The molecule has 1 heterocycles. The van der Waals surface area contributed by atoms with Crippen LogP contribution in [0.1, 0.15) is 57.2 Å². The molecule has 6 heteroatoms. The average molecular weight is 468 g/mol. The molecule has 0 spiro atoms. The van der Waals surface area contributed by atoms with Crippen molar-refractivity contribution in [3.05, 3.63) is 51.9 Å². The van der Waals surface area contributed by atoms with Gasteiger partial charge in [-0.05, 0) is 58.6 Å². The molecule has 1 aliphatic carbocycles. The third-order valence-electron chi connectivity index (χ3n) is 6.64. The Balaban J connectivity index is 1.91. The van der Waals surface area contributed by atoms with Gasteiger partial charge < -0.3 is 14.8 Å². The van der Waals surface area contributed by atoms with Crippen LogP contribution in [-0.2, 0) is 15.6 Å². The van der Waals surface area contributed by atoms with Crippen molar-refractivity contribution < 1.29 is 14.3 Å². The zero-order valence-corrected chi connectivity index (χ0v) is 21.1. The number of carbonyl (C=O) groups is 1. The van der Waals surface area contributed by atoms with Gasteiger partial charge in [-0.2, -0.15) is 0 Å². The number of hydrogen-bond acceptors (Lipinski definition) is 5. The van der Waals surface area contributed by atoms with Crippen LogP contribution in [-0.4, -0.2) is 24.4 Å². The SMILES string of the molecule is COc1ccc(/C=C2\SC(=S)NC2=O)c(OC)c1-c1ccc2c(c1)C(C)(C)CCC2(C)C. The average Bonchev–Trinajstić information content (AvgIpc) is 3.07. The van der Waals surface area contributed by atoms with E-state index in [0.29, 0.717) is 15.0 Å². The fraction of sp³-hybridized carbons (Fsp3) is 0.385. The van der Waals surface area contributed by atoms with Crippen LogP contribution in [0, 0.1) is 0 Å². The van der Waals surface area contributed by atoms with Crippen molar-refractivity contribution >= 4 is 40.3 Å². The number of hydrogen-bond donors (Lipinski definition) is 1. The summed E-state index contributed by atoms with van der Waals surface area (Å²) in [6.45, 7) is 9.28. The Labute approximate surface area is 199 Å². The van der Waals surface area contributed by atoms with Crippen molar-refractivity contribution in [1.82, 2.24) is 5.32 Å². The van der Waals surface area contributed by atoms with Crippen LogP contribution in [0.2, 0.25) is 0 Å². The van der Waals surface area contributed by atoms with E-state index in [1.807, 2.05) is 18.2 Å². The minimum Gasteiger partial charge on any atom is -0.496 e. The van der Waals surface area contributed by atoms with Crippen molar-refractivity contribution in [3.63, 3.8) is 0 Å². The van der Waals surface area contributed by atoms with Crippen LogP contribution in [0.4, 0.5) is 0 Å². The van der Waals surface area contributed by atoms with Crippen molar-refractivity contribution in [2.75, 3.05) is 14.2 Å². The Morgan fingerprint density at radius 2 is 1.69 bits per heavy atom. The van der Waals surface area contributed by atoms with Gasteiger partial charge in [0.05, 0.1) is 24.7 Å². The van der Waals surface area contributed by atoms with Crippen LogP contribution in [0.15, 0.2) is 35.2 Å². The summed E-state index contributed by atoms with van der Waals surface area (Å²) in [7, 11) is 3.32. The smallest absolute Gasteiger partial charge is 0.263 e. The number of rotatable bonds is 4. The van der Waals surface area contributed by atoms with E-state index < -0.39 is 0 Å². The van der Waals surface area contributed by atoms with Gasteiger partial charge in [-0.15, -0.1) is 0 Å². The number of fused-ring (bicyclic) bond motifs is 1. The molecular weight excluding hydrogens is 438 g/mol. The number of thiocarbonyl (C=S) groups is 1. The van der Waals surface area contributed by atoms with E-state index >= 15 is 0 Å². The number of nitrogens with one attached hydrogen (secondary N) is 1. The van der Waals surface area contributed by atoms with E-state index in [0.717, 1.165) is 28.9 Å². The molecule has 1 N–H and O–H groups in total. The van der Waals surface area contributed by atoms with Crippen molar-refractivity contribution in [1.29, 1.82) is 0 Å². The predicted molar refractivity (Wildman–Crippen MR) is 137 cm³/mol. The normalized spacial score (nSPS) is 20.1. The third kappa shape index (κ3) is 3.95. The first kappa shape index (κ1) is 22.9. The number of carbonyl (C=O) groups excluding carboxylic acids is 1. The first-order valence-electron chi connectivity index (χ1n) is 10.7. The number of benzene rings is 2. The number of thioether (sulfide) groups is 1. The highest BCUT2D eigenvalue weighted by Crippen LogP contribution is 2.49. The van der Waals surface area contributed by atoms with Gasteiger partial charge in [-0.3, -0.25) is 4.79 Å². The van der Waals surface area contributed by atoms with E-state index in [4.69, 9.17) is 21.7 Å². The molecule has 0 bridgehead atoms. The second kappa shape index (κ2) is 8.23. The quantitative estimate of drug-likeness (QED) is 0.428. The Bertz CT molecular complexity index is 1150. The molecule has 0 aromatic heterocycles. The van der Waals surface area contributed by atoms with E-state index in [9.17, 15) is 4.79 Å². The lowest BCUT2D eigenvalue weighted by atomic mass is 9.63. The lowest BCUT2D eigenvalue weighted by Gasteiger charge is -2.42. The third-order valence-corrected chi connectivity index (χ3v) is 7.81. The summed E-state index contributed by atoms with van der Waals surface area (Å²) in [5.41, 5.74) is 5.75. The maximum absolute atomic E-state index is 12.2. The highest BCUT2D eigenvalue weighted by molar-refractivity contribution is 8.26. The van der Waals surface area contributed by atoms with Gasteiger partial charge in [0.1, 0.15) is 15.8 Å². The van der Waals surface area contributed by atoms with Gasteiger partial charge in [0.15, 0.2) is 0 Å². The molecule has 1 saturated heterocycles. The zero-order valence-electron chi connectivity index (χ0n) is 19.4. The van der Waals surface area contributed by atoms with E-state index in [1.54, 1.807) is 14.2 Å². The van der Waals surface area contributed by atoms with Gasteiger partial charge in [0.25, 0.3) is 5.91 Å². The van der Waals surface area contributed by atoms with Crippen LogP contribution in [0.5, 0.6) is 11.5 Å². The Kier molecular flexibility index (Phi) is 5.88. The minimum atomic E-state index is -0.183. The van der Waals surface area contributed by atoms with Crippen LogP contribution >= 0.6 is 24.0 Å². The number of ether oxygens (including phenoxy) is 2. The standard InChI is InChI=1S/C26H29NO3S2/c1-25(2)11-12-26(3,4)18-13-15(7-9-17(18)25)21-19(29-5)10-8-16(22(21)30-6)14-20-23(28)27-24(31)32-20/h7-10,13-14H,11-12H2,1-6H3,(H,27,28,31)/b20-14-. The molecule has 4 rings (SSSR count).